The minimum absolute atomic E-state index is 0.306. The maximum absolute atomic E-state index is 12.7. The minimum Gasteiger partial charge on any atom is -0.451 e. The van der Waals surface area contributed by atoms with Crippen LogP contribution in [0.3, 0.4) is 0 Å². The Kier molecular flexibility index (Phi) is 3.75. The fourth-order valence-electron chi connectivity index (χ4n) is 4.67. The fourth-order valence-corrected chi connectivity index (χ4v) is 4.67. The molecule has 1 saturated heterocycles. The summed E-state index contributed by atoms with van der Waals surface area (Å²) >= 11 is 0. The maximum atomic E-state index is 12.7. The van der Waals surface area contributed by atoms with Crippen molar-refractivity contribution in [3.63, 3.8) is 0 Å². The van der Waals surface area contributed by atoms with Gasteiger partial charge in [-0.2, -0.15) is 0 Å². The summed E-state index contributed by atoms with van der Waals surface area (Å²) in [6, 6.07) is 15.1. The lowest BCUT2D eigenvalue weighted by Crippen LogP contribution is -2.44. The van der Waals surface area contributed by atoms with E-state index in [1.54, 1.807) is 0 Å². The highest BCUT2D eigenvalue weighted by Crippen LogP contribution is 2.45. The number of nitrogens with zero attached hydrogens (tertiary/aromatic N) is 1. The highest BCUT2D eigenvalue weighted by atomic mass is 16.5. The predicted molar refractivity (Wildman–Crippen MR) is 101 cm³/mol. The lowest BCUT2D eigenvalue weighted by Gasteiger charge is -2.20. The number of hydrogen-bond acceptors (Lipinski definition) is 4. The van der Waals surface area contributed by atoms with Crippen LogP contribution in [0, 0.1) is 0 Å². The van der Waals surface area contributed by atoms with E-state index in [2.05, 4.69) is 5.32 Å². The molecule has 3 aliphatic rings. The number of nitrogens with one attached hydrogen (secondary N) is 1. The third-order valence-electron chi connectivity index (χ3n) is 6.02. The first-order chi connectivity index (χ1) is 13.6. The van der Waals surface area contributed by atoms with Crippen molar-refractivity contribution in [3.8, 4) is 11.1 Å². The van der Waals surface area contributed by atoms with Gasteiger partial charge in [0.15, 0.2) is 6.10 Å². The van der Waals surface area contributed by atoms with Crippen molar-refractivity contribution in [2.75, 3.05) is 6.54 Å². The van der Waals surface area contributed by atoms with Crippen LogP contribution in [0.25, 0.3) is 11.1 Å². The van der Waals surface area contributed by atoms with Crippen LogP contribution in [-0.2, 0) is 14.3 Å². The van der Waals surface area contributed by atoms with Crippen molar-refractivity contribution >= 4 is 17.9 Å². The van der Waals surface area contributed by atoms with Gasteiger partial charge in [0.1, 0.15) is 12.1 Å². The van der Waals surface area contributed by atoms with Gasteiger partial charge in [-0.05, 0) is 24.0 Å². The van der Waals surface area contributed by atoms with Crippen LogP contribution in [0.15, 0.2) is 48.5 Å². The van der Waals surface area contributed by atoms with Gasteiger partial charge in [-0.3, -0.25) is 14.5 Å². The molecule has 0 aromatic heterocycles. The largest absolute Gasteiger partial charge is 0.451 e. The number of esters is 1. The van der Waals surface area contributed by atoms with Gasteiger partial charge in [0, 0.05) is 11.1 Å². The molecule has 1 N–H and O–H groups in total. The van der Waals surface area contributed by atoms with Gasteiger partial charge in [0.25, 0.3) is 5.91 Å². The van der Waals surface area contributed by atoms with E-state index in [0.29, 0.717) is 12.8 Å². The number of amides is 3. The maximum Gasteiger partial charge on any atom is 0.327 e. The molecule has 6 nitrogen and oxygen atoms in total. The summed E-state index contributed by atoms with van der Waals surface area (Å²) in [6.07, 6.45) is 2.54. The second-order valence-electron chi connectivity index (χ2n) is 7.66. The fraction of sp³-hybridized carbons (Fsp3) is 0.318. The highest BCUT2D eigenvalue weighted by molar-refractivity contribution is 6.08. The molecule has 2 fully saturated rings. The van der Waals surface area contributed by atoms with E-state index >= 15 is 0 Å². The predicted octanol–water partition coefficient (Wildman–Crippen LogP) is 3.16. The summed E-state index contributed by atoms with van der Waals surface area (Å²) in [5.74, 6) is -0.894. The molecular formula is C22H20N2O4. The number of fused-ring (bicyclic) bond motifs is 3. The first kappa shape index (κ1) is 17.0. The Labute approximate surface area is 162 Å². The topological polar surface area (TPSA) is 75.7 Å². The van der Waals surface area contributed by atoms with Gasteiger partial charge in [-0.15, -0.1) is 0 Å². The van der Waals surface area contributed by atoms with Crippen molar-refractivity contribution in [1.82, 2.24) is 10.2 Å². The average molecular weight is 376 g/mol. The lowest BCUT2D eigenvalue weighted by molar-refractivity contribution is -0.150. The molecule has 1 heterocycles. The molecular weight excluding hydrogens is 356 g/mol. The van der Waals surface area contributed by atoms with Gasteiger partial charge in [-0.25, -0.2) is 4.79 Å². The van der Waals surface area contributed by atoms with Crippen LogP contribution >= 0.6 is 0 Å². The molecule has 2 aromatic rings. The Balaban J connectivity index is 1.37. The Morgan fingerprint density at radius 3 is 2.18 bits per heavy atom. The smallest absolute Gasteiger partial charge is 0.327 e. The molecule has 142 valence electrons. The Morgan fingerprint density at radius 1 is 1.00 bits per heavy atom. The number of ether oxygens (including phenoxy) is 1. The van der Waals surface area contributed by atoms with E-state index in [-0.39, 0.29) is 12.5 Å². The van der Waals surface area contributed by atoms with Crippen LogP contribution < -0.4 is 5.32 Å². The number of benzene rings is 2. The number of imide groups is 1. The van der Waals surface area contributed by atoms with E-state index in [1.165, 1.54) is 0 Å². The standard InChI is InChI=1S/C22H20N2O4/c25-18(13-24-20(26)22(23-21(24)27)11-5-6-12-22)28-19-16-9-3-1-7-14(16)15-8-2-4-10-17(15)19/h1-4,7-10,19H,5-6,11-13H2,(H,23,27). The van der Waals surface area contributed by atoms with Crippen LogP contribution in [0.4, 0.5) is 4.79 Å². The second-order valence-corrected chi connectivity index (χ2v) is 7.66. The minimum atomic E-state index is -0.816. The summed E-state index contributed by atoms with van der Waals surface area (Å²) in [5.41, 5.74) is 3.10. The third kappa shape index (κ3) is 2.44. The molecule has 2 aliphatic carbocycles. The van der Waals surface area contributed by atoms with Gasteiger partial charge in [0.05, 0.1) is 0 Å². The Hall–Kier alpha value is -3.15. The number of carbonyl (C=O) groups is 3. The van der Waals surface area contributed by atoms with Crippen LogP contribution in [0.2, 0.25) is 0 Å². The summed E-state index contributed by atoms with van der Waals surface area (Å²) in [7, 11) is 0. The third-order valence-corrected chi connectivity index (χ3v) is 6.02. The number of urea groups is 1. The van der Waals surface area contributed by atoms with E-state index in [9.17, 15) is 14.4 Å². The van der Waals surface area contributed by atoms with E-state index in [0.717, 1.165) is 40.0 Å². The van der Waals surface area contributed by atoms with E-state index in [4.69, 9.17) is 4.74 Å². The highest BCUT2D eigenvalue weighted by Gasteiger charge is 2.53. The van der Waals surface area contributed by atoms with Gasteiger partial charge in [-0.1, -0.05) is 61.4 Å². The van der Waals surface area contributed by atoms with Gasteiger partial charge < -0.3 is 10.1 Å². The summed E-state index contributed by atoms with van der Waals surface area (Å²) in [5, 5.41) is 2.79. The zero-order valence-corrected chi connectivity index (χ0v) is 15.3. The Bertz CT molecular complexity index is 948. The zero-order chi connectivity index (χ0) is 19.3. The number of carbonyl (C=O) groups excluding carboxylic acids is 3. The second kappa shape index (κ2) is 6.19. The molecule has 0 unspecified atom stereocenters. The summed E-state index contributed by atoms with van der Waals surface area (Å²) in [4.78, 5) is 38.7. The molecule has 3 amide bonds. The molecule has 2 aromatic carbocycles. The van der Waals surface area contributed by atoms with Crippen molar-refractivity contribution in [2.24, 2.45) is 0 Å². The molecule has 6 heteroatoms. The van der Waals surface area contributed by atoms with Crippen molar-refractivity contribution in [3.05, 3.63) is 59.7 Å². The van der Waals surface area contributed by atoms with Gasteiger partial charge >= 0.3 is 12.0 Å². The van der Waals surface area contributed by atoms with Gasteiger partial charge in [0.2, 0.25) is 0 Å². The molecule has 0 atom stereocenters. The van der Waals surface area contributed by atoms with Crippen molar-refractivity contribution in [1.29, 1.82) is 0 Å². The molecule has 0 radical (unpaired) electrons. The SMILES string of the molecule is O=C(CN1C(=O)NC2(CCCC2)C1=O)OC1c2ccccc2-c2ccccc21. The van der Waals surface area contributed by atoms with E-state index in [1.807, 2.05) is 48.5 Å². The first-order valence-electron chi connectivity index (χ1n) is 9.61. The lowest BCUT2D eigenvalue weighted by atomic mass is 9.98. The molecule has 1 aliphatic heterocycles. The van der Waals surface area contributed by atoms with E-state index < -0.39 is 23.6 Å². The number of rotatable bonds is 3. The Morgan fingerprint density at radius 2 is 1.57 bits per heavy atom. The first-order valence-corrected chi connectivity index (χ1v) is 9.61. The molecule has 0 bridgehead atoms. The summed E-state index contributed by atoms with van der Waals surface area (Å²) in [6.45, 7) is -0.368. The van der Waals surface area contributed by atoms with Crippen LogP contribution in [0.5, 0.6) is 0 Å². The van der Waals surface area contributed by atoms with Crippen LogP contribution in [0.1, 0.15) is 42.9 Å². The quantitative estimate of drug-likeness (QED) is 0.659. The molecule has 5 rings (SSSR count). The average Bonchev–Trinajstić information content (AvgIpc) is 3.36. The van der Waals surface area contributed by atoms with Crippen molar-refractivity contribution < 1.29 is 19.1 Å². The normalized spacial score (nSPS) is 19.6. The van der Waals surface area contributed by atoms with Crippen LogP contribution in [-0.4, -0.2) is 34.9 Å². The molecule has 28 heavy (non-hydrogen) atoms. The monoisotopic (exact) mass is 376 g/mol. The molecule has 1 spiro atoms. The zero-order valence-electron chi connectivity index (χ0n) is 15.3. The van der Waals surface area contributed by atoms with Crippen molar-refractivity contribution in [2.45, 2.75) is 37.3 Å². The summed E-state index contributed by atoms with van der Waals surface area (Å²) < 4.78 is 5.76. The molecule has 1 saturated carbocycles. The number of hydrogen-bond donors (Lipinski definition) is 1.